The third-order valence-corrected chi connectivity index (χ3v) is 30.6. The van der Waals surface area contributed by atoms with E-state index < -0.39 is 0 Å². The Labute approximate surface area is 838 Å². The van der Waals surface area contributed by atoms with Crippen LogP contribution in [-0.4, -0.2) is 9.55 Å². The molecule has 0 aliphatic carbocycles. The summed E-state index contributed by atoms with van der Waals surface area (Å²) in [6.45, 7) is 0. The Bertz CT molecular complexity index is 10200. The van der Waals surface area contributed by atoms with Crippen LogP contribution in [0.2, 0.25) is 0 Å². The van der Waals surface area contributed by atoms with Gasteiger partial charge in [-0.2, -0.15) is 0 Å². The van der Waals surface area contributed by atoms with Crippen molar-refractivity contribution < 1.29 is 17.7 Å². The van der Waals surface area contributed by atoms with Crippen molar-refractivity contribution in [3.63, 3.8) is 0 Å². The largest absolute Gasteiger partial charge is 0.456 e. The molecule has 0 saturated heterocycles. The van der Waals surface area contributed by atoms with Crippen molar-refractivity contribution in [3.8, 4) is 60.8 Å². The van der Waals surface area contributed by atoms with E-state index in [-0.39, 0.29) is 0 Å². The summed E-state index contributed by atoms with van der Waals surface area (Å²) >= 11 is 5.38. The van der Waals surface area contributed by atoms with Gasteiger partial charge in [-0.15, -0.1) is 34.0 Å². The monoisotopic (exact) mass is 1900 g/mol. The zero-order valence-electron chi connectivity index (χ0n) is 77.4. The minimum Gasteiger partial charge on any atom is -0.456 e. The minimum atomic E-state index is 0.858. The van der Waals surface area contributed by atoms with E-state index >= 15 is 0 Å². The first-order valence-corrected chi connectivity index (χ1v) is 50.7. The van der Waals surface area contributed by atoms with Crippen LogP contribution in [0.25, 0.3) is 232 Å². The van der Waals surface area contributed by atoms with Gasteiger partial charge in [-0.1, -0.05) is 309 Å². The number of nitrogens with one attached hydrogen (secondary N) is 4. The summed E-state index contributed by atoms with van der Waals surface area (Å²) in [5.74, 6) is 0. The highest BCUT2D eigenvalue weighted by molar-refractivity contribution is 7.26. The van der Waals surface area contributed by atoms with E-state index in [1.807, 2.05) is 95.5 Å². The Balaban J connectivity index is 0.0000000969. The minimum absolute atomic E-state index is 0.858. The van der Waals surface area contributed by atoms with E-state index in [4.69, 9.17) is 22.7 Å². The molecule has 30 aromatic rings. The molecule has 10 nitrogen and oxygen atoms in total. The van der Waals surface area contributed by atoms with Gasteiger partial charge in [0.05, 0.1) is 26.8 Å². The maximum absolute atomic E-state index is 6.63. The number of para-hydroxylation sites is 7. The standard InChI is InChI=1S/C40H25NOS.C36H24N2O.C31H18N2O2S.C24H17NS/c1-2-8-25(9-3-1)26-14-16-27(17-15-26)34-22-31(41-30-18-19-33-32-12-6-7-13-38(32)43-39(33)24-30)23-36-35-20-28-10-4-5-11-29(28)21-37(35)42-40(34)36;1-3-11-24(12-4-1)31-21-26(22-32-30-16-8-10-18-35(30)39-36(31)32)37-25-19-20-29-28-15-7-9-17-33(28)38(34(29)23-25)27-13-5-2-6-14-27;1-4-10-26-20(7-1)22-15-18(13-14-28(22)34-26)32-19-16-23-21-8-2-5-11-27(21)35-30(23)24(17-19)31-33-25-9-3-6-12-29(25)36-31;1-3-9-17(10-4-1)18-15-21(25-19-11-5-2-6-12-19)24-20-13-7-8-14-22(20)26-23(24)16-18/h1-24,41H;1-23,37H;1-17,32H;1-16,25H. The van der Waals surface area contributed by atoms with Gasteiger partial charge in [0.25, 0.3) is 0 Å². The lowest BCUT2D eigenvalue weighted by Crippen LogP contribution is -1.95. The van der Waals surface area contributed by atoms with E-state index in [1.165, 1.54) is 95.2 Å². The number of furan rings is 4. The topological polar surface area (TPSA) is 118 Å². The van der Waals surface area contributed by atoms with Gasteiger partial charge < -0.3 is 43.5 Å². The molecule has 4 N–H and O–H groups in total. The Kier molecular flexibility index (Phi) is 21.3. The van der Waals surface area contributed by atoms with Crippen LogP contribution >= 0.6 is 34.0 Å². The number of hydrogen-bond donors (Lipinski definition) is 4. The first-order chi connectivity index (χ1) is 71.3. The highest BCUT2D eigenvalue weighted by Crippen LogP contribution is 2.49. The second-order valence-corrected chi connectivity index (χ2v) is 39.5. The van der Waals surface area contributed by atoms with E-state index in [1.54, 1.807) is 11.3 Å². The molecule has 0 atom stereocenters. The smallest absolute Gasteiger partial charge is 0.145 e. The summed E-state index contributed by atoms with van der Waals surface area (Å²) in [5, 5.41) is 34.6. The molecule has 0 aliphatic heterocycles. The second-order valence-electron chi connectivity index (χ2n) is 36.3. The van der Waals surface area contributed by atoms with Crippen molar-refractivity contribution in [1.29, 1.82) is 0 Å². The molecule has 0 aliphatic rings. The fourth-order valence-electron chi connectivity index (χ4n) is 20.5. The molecule has 0 amide bonds. The molecule has 8 aromatic heterocycles. The molecule has 680 valence electrons. The normalized spacial score (nSPS) is 11.6. The maximum Gasteiger partial charge on any atom is 0.145 e. The Morgan fingerprint density at radius 3 is 1.27 bits per heavy atom. The third-order valence-electron chi connectivity index (χ3n) is 27.3. The van der Waals surface area contributed by atoms with Crippen molar-refractivity contribution in [2.24, 2.45) is 0 Å². The number of nitrogens with zero attached hydrogens (tertiary/aromatic N) is 2. The van der Waals surface area contributed by atoms with Crippen LogP contribution in [0.15, 0.2) is 503 Å². The van der Waals surface area contributed by atoms with Crippen molar-refractivity contribution in [3.05, 3.63) is 485 Å². The van der Waals surface area contributed by atoms with Gasteiger partial charge in [0.15, 0.2) is 0 Å². The molecule has 144 heavy (non-hydrogen) atoms. The van der Waals surface area contributed by atoms with Gasteiger partial charge in [-0.25, -0.2) is 4.98 Å². The zero-order valence-corrected chi connectivity index (χ0v) is 79.9. The molecule has 0 fully saturated rings. The summed E-state index contributed by atoms with van der Waals surface area (Å²) < 4.78 is 34.1. The second kappa shape index (κ2) is 36.1. The summed E-state index contributed by atoms with van der Waals surface area (Å²) in [7, 11) is 0. The molecule has 0 unspecified atom stereocenters. The lowest BCUT2D eigenvalue weighted by Gasteiger charge is -2.12. The fourth-order valence-corrected chi connectivity index (χ4v) is 23.8. The number of thiophene rings is 2. The molecule has 13 heteroatoms. The number of thiazole rings is 1. The van der Waals surface area contributed by atoms with Crippen LogP contribution in [0.1, 0.15) is 0 Å². The van der Waals surface area contributed by atoms with Gasteiger partial charge in [-0.05, 0) is 220 Å². The number of fused-ring (bicyclic) bond motifs is 23. The van der Waals surface area contributed by atoms with Crippen molar-refractivity contribution in [2.75, 3.05) is 21.3 Å². The van der Waals surface area contributed by atoms with Crippen molar-refractivity contribution in [2.45, 2.75) is 0 Å². The van der Waals surface area contributed by atoms with Crippen LogP contribution in [-0.2, 0) is 0 Å². The SMILES string of the molecule is c1ccc(-c2cc(Nc3ccc4c5ccccc5n(-c5ccccc5)c4c3)cc3c2oc2ccccc23)cc1.c1ccc(-c2ccc(-c3cc(Nc4ccc5c(c4)sc4ccccc45)cc4c3oc3cc5ccccc5cc34)cc2)cc1.c1ccc(Nc2cc(-c3ccccc3)cc3sc4ccccc4c23)cc1.c1ccc2sc(-c3cc(Nc4ccc5oc6ccccc6c5c4)cc4c3oc3ccccc34)nc2c1. The predicted molar refractivity (Wildman–Crippen MR) is 612 cm³/mol. The van der Waals surface area contributed by atoms with Gasteiger partial charge in [-0.3, -0.25) is 0 Å². The fraction of sp³-hybridized carbons (Fsp3) is 0. The molecule has 0 bridgehead atoms. The van der Waals surface area contributed by atoms with E-state index in [2.05, 4.69) is 438 Å². The summed E-state index contributed by atoms with van der Waals surface area (Å²) in [4.78, 5) is 4.94. The van der Waals surface area contributed by atoms with Crippen molar-refractivity contribution >= 4 is 250 Å². The first-order valence-electron chi connectivity index (χ1n) is 48.2. The summed E-state index contributed by atoms with van der Waals surface area (Å²) in [6.07, 6.45) is 0. The number of hydrogen-bond acceptors (Lipinski definition) is 12. The number of benzene rings is 22. The Morgan fingerprint density at radius 2 is 0.618 bits per heavy atom. The lowest BCUT2D eigenvalue weighted by molar-refractivity contribution is 0.669. The average Bonchev–Trinajstić information content (AvgIpc) is 1.59. The zero-order chi connectivity index (χ0) is 95.1. The summed E-state index contributed by atoms with van der Waals surface area (Å²) in [5.41, 5.74) is 30.3. The molecule has 30 rings (SSSR count). The van der Waals surface area contributed by atoms with Gasteiger partial charge in [0, 0.05) is 157 Å². The highest BCUT2D eigenvalue weighted by atomic mass is 32.1. The van der Waals surface area contributed by atoms with Gasteiger partial charge in [0.2, 0.25) is 0 Å². The van der Waals surface area contributed by atoms with Crippen LogP contribution in [0.4, 0.5) is 45.5 Å². The summed E-state index contributed by atoms with van der Waals surface area (Å²) in [6, 6.07) is 170. The van der Waals surface area contributed by atoms with Crippen LogP contribution in [0.3, 0.4) is 0 Å². The molecule has 0 radical (unpaired) electrons. The van der Waals surface area contributed by atoms with Crippen LogP contribution in [0.5, 0.6) is 0 Å². The average molecular weight is 1900 g/mol. The lowest BCUT2D eigenvalue weighted by atomic mass is 9.97. The quantitative estimate of drug-likeness (QED) is 0.0844. The molecule has 8 heterocycles. The predicted octanol–water partition coefficient (Wildman–Crippen LogP) is 39.2. The number of aromatic nitrogens is 2. The van der Waals surface area contributed by atoms with Crippen LogP contribution < -0.4 is 21.3 Å². The molecule has 0 saturated carbocycles. The van der Waals surface area contributed by atoms with E-state index in [9.17, 15) is 0 Å². The van der Waals surface area contributed by atoms with Crippen molar-refractivity contribution in [1.82, 2.24) is 9.55 Å². The van der Waals surface area contributed by atoms with Gasteiger partial charge >= 0.3 is 0 Å². The maximum atomic E-state index is 6.63. The molecular formula is C131H84N6O4S3. The number of rotatable bonds is 14. The van der Waals surface area contributed by atoms with E-state index in [0.29, 0.717) is 0 Å². The first kappa shape index (κ1) is 84.9. The van der Waals surface area contributed by atoms with Gasteiger partial charge in [0.1, 0.15) is 49.7 Å². The van der Waals surface area contributed by atoms with Crippen LogP contribution in [0, 0.1) is 0 Å². The third kappa shape index (κ3) is 15.8. The van der Waals surface area contributed by atoms with E-state index in [0.717, 1.165) is 182 Å². The Morgan fingerprint density at radius 1 is 0.201 bits per heavy atom. The molecular weight excluding hydrogens is 1820 g/mol. The Hall–Kier alpha value is -18.4. The highest BCUT2D eigenvalue weighted by Gasteiger charge is 2.24. The number of anilines is 8. The molecule has 0 spiro atoms. The molecule has 22 aromatic carbocycles.